The Labute approximate surface area is 75.8 Å². The van der Waals surface area contributed by atoms with E-state index in [4.69, 9.17) is 23.2 Å². The molecule has 0 amide bonds. The highest BCUT2D eigenvalue weighted by Gasteiger charge is 2.38. The van der Waals surface area contributed by atoms with E-state index in [1.165, 1.54) is 0 Å². The molecule has 0 aliphatic rings. The van der Waals surface area contributed by atoms with Crippen molar-refractivity contribution in [3.8, 4) is 0 Å². The second-order valence-electron chi connectivity index (χ2n) is 3.00. The predicted molar refractivity (Wildman–Crippen MR) is 45.0 cm³/mol. The van der Waals surface area contributed by atoms with Crippen LogP contribution in [0.5, 0.6) is 0 Å². The Balaban J connectivity index is 4.11. The van der Waals surface area contributed by atoms with Gasteiger partial charge in [-0.2, -0.15) is 4.39 Å². The Morgan fingerprint density at radius 3 is 1.91 bits per heavy atom. The van der Waals surface area contributed by atoms with Crippen LogP contribution in [0, 0.1) is 0 Å². The molecule has 0 saturated heterocycles. The van der Waals surface area contributed by atoms with Gasteiger partial charge in [0, 0.05) is 0 Å². The molecule has 0 saturated carbocycles. The number of halogens is 3. The van der Waals surface area contributed by atoms with Crippen molar-refractivity contribution in [2.45, 2.75) is 24.2 Å². The van der Waals surface area contributed by atoms with Gasteiger partial charge >= 0.3 is 10.6 Å². The molecule has 0 rings (SSSR count). The average Bonchev–Trinajstić information content (AvgIpc) is 1.56. The quantitative estimate of drug-likeness (QED) is 0.526. The van der Waals surface area contributed by atoms with Crippen LogP contribution in [-0.2, 0) is 9.22 Å². The van der Waals surface area contributed by atoms with E-state index in [1.54, 1.807) is 19.6 Å². The Morgan fingerprint density at radius 1 is 1.45 bits per heavy atom. The van der Waals surface area contributed by atoms with E-state index in [1.807, 2.05) is 0 Å². The first-order valence-corrected chi connectivity index (χ1v) is 7.09. The number of hydrogen-bond acceptors (Lipinski definition) is 2. The van der Waals surface area contributed by atoms with Crippen molar-refractivity contribution >= 4 is 37.5 Å². The number of hydrogen-bond donors (Lipinski definition) is 0. The molecule has 2 nitrogen and oxygen atoms in total. The Kier molecular flexibility index (Phi) is 3.35. The summed E-state index contributed by atoms with van der Waals surface area (Å²) in [6.45, 7) is 5.18. The molecule has 0 bridgehead atoms. The van der Waals surface area contributed by atoms with E-state index in [2.05, 4.69) is 4.43 Å². The average molecular weight is 219 g/mol. The lowest BCUT2D eigenvalue weighted by atomic mass is 10.8. The monoisotopic (exact) mass is 218 g/mol. The highest BCUT2D eigenvalue weighted by atomic mass is 35.5. The molecule has 0 unspecified atom stereocenters. The molecule has 0 aliphatic carbocycles. The summed E-state index contributed by atoms with van der Waals surface area (Å²) in [6.07, 6.45) is 0. The Morgan fingerprint density at radius 2 is 1.82 bits per heavy atom. The zero-order valence-electron chi connectivity index (χ0n) is 6.45. The van der Waals surface area contributed by atoms with Crippen molar-refractivity contribution in [2.75, 3.05) is 0 Å². The lowest BCUT2D eigenvalue weighted by Gasteiger charge is -2.19. The van der Waals surface area contributed by atoms with Gasteiger partial charge in [0.15, 0.2) is 0 Å². The van der Waals surface area contributed by atoms with Gasteiger partial charge in [-0.1, -0.05) is 23.2 Å². The van der Waals surface area contributed by atoms with E-state index >= 15 is 0 Å². The highest BCUT2D eigenvalue weighted by molar-refractivity contribution is 6.72. The standard InChI is InChI=1S/C5H9Cl2FO2Si/c1-11(2,3)10-4(9)5(6,7)8/h1-3H3. The zero-order chi connectivity index (χ0) is 9.28. The Bertz CT molecular complexity index is 161. The first kappa shape index (κ1) is 11.2. The molecular weight excluding hydrogens is 210 g/mol. The molecule has 0 radical (unpaired) electrons. The molecular formula is C5H9Cl2FO2Si. The zero-order valence-corrected chi connectivity index (χ0v) is 8.96. The van der Waals surface area contributed by atoms with Crippen LogP contribution in [0.2, 0.25) is 19.6 Å². The predicted octanol–water partition coefficient (Wildman–Crippen LogP) is 2.47. The van der Waals surface area contributed by atoms with E-state index < -0.39 is 18.9 Å². The maximum Gasteiger partial charge on any atom is 0.362 e. The molecule has 0 heterocycles. The van der Waals surface area contributed by atoms with Crippen LogP contribution in [0.3, 0.4) is 0 Å². The smallest absolute Gasteiger partial charge is 0.362 e. The van der Waals surface area contributed by atoms with Crippen molar-refractivity contribution in [1.29, 1.82) is 0 Å². The van der Waals surface area contributed by atoms with Crippen LogP contribution in [0.15, 0.2) is 0 Å². The summed E-state index contributed by atoms with van der Waals surface area (Å²) < 4.78 is 14.1. The van der Waals surface area contributed by atoms with Crippen LogP contribution in [-0.4, -0.2) is 18.9 Å². The highest BCUT2D eigenvalue weighted by Crippen LogP contribution is 2.25. The summed E-state index contributed by atoms with van der Waals surface area (Å²) in [6, 6.07) is 0. The van der Waals surface area contributed by atoms with Gasteiger partial charge in [0.05, 0.1) is 0 Å². The number of carbonyl (C=O) groups excluding carboxylic acids is 1. The number of rotatable bonds is 2. The second kappa shape index (κ2) is 3.29. The number of carbonyl (C=O) groups is 1. The fourth-order valence-corrected chi connectivity index (χ4v) is 1.24. The second-order valence-corrected chi connectivity index (χ2v) is 8.66. The fourth-order valence-electron chi connectivity index (χ4n) is 0.336. The third kappa shape index (κ3) is 5.46. The topological polar surface area (TPSA) is 26.3 Å². The fraction of sp³-hybridized carbons (Fsp3) is 0.800. The largest absolute Gasteiger partial charge is 0.516 e. The first-order valence-electron chi connectivity index (χ1n) is 2.93. The molecule has 0 N–H and O–H groups in total. The van der Waals surface area contributed by atoms with Crippen LogP contribution in [0.4, 0.5) is 4.39 Å². The minimum absolute atomic E-state index is 1.22. The third-order valence-corrected chi connectivity index (χ3v) is 1.74. The molecule has 66 valence electrons. The first-order chi connectivity index (χ1) is 4.63. The summed E-state index contributed by atoms with van der Waals surface area (Å²) in [5.41, 5.74) is 0. The molecule has 0 aliphatic heterocycles. The molecule has 0 spiro atoms. The van der Waals surface area contributed by atoms with Crippen LogP contribution >= 0.6 is 23.2 Å². The molecule has 0 aromatic rings. The van der Waals surface area contributed by atoms with Crippen molar-refractivity contribution in [1.82, 2.24) is 0 Å². The van der Waals surface area contributed by atoms with Crippen LogP contribution in [0.1, 0.15) is 0 Å². The van der Waals surface area contributed by atoms with Gasteiger partial charge in [-0.3, -0.25) is 0 Å². The van der Waals surface area contributed by atoms with Gasteiger partial charge < -0.3 is 4.43 Å². The molecule has 0 aromatic heterocycles. The third-order valence-electron chi connectivity index (χ3n) is 0.630. The van der Waals surface area contributed by atoms with Gasteiger partial charge in [-0.05, 0) is 19.6 Å². The number of alkyl halides is 3. The SMILES string of the molecule is C[Si](C)(C)OC(=O)C(F)(Cl)Cl. The van der Waals surface area contributed by atoms with Crippen LogP contribution in [0.25, 0.3) is 0 Å². The van der Waals surface area contributed by atoms with Gasteiger partial charge in [0.2, 0.25) is 8.32 Å². The van der Waals surface area contributed by atoms with Crippen molar-refractivity contribution in [3.05, 3.63) is 0 Å². The molecule has 0 atom stereocenters. The maximum atomic E-state index is 12.4. The van der Waals surface area contributed by atoms with Gasteiger partial charge in [-0.15, -0.1) is 0 Å². The van der Waals surface area contributed by atoms with Crippen molar-refractivity contribution < 1.29 is 13.6 Å². The normalized spacial score (nSPS) is 12.9. The minimum atomic E-state index is -2.92. The van der Waals surface area contributed by atoms with E-state index in [0.29, 0.717) is 0 Å². The summed E-state index contributed by atoms with van der Waals surface area (Å²) >= 11 is 9.67. The van der Waals surface area contributed by atoms with Gasteiger partial charge in [-0.25, -0.2) is 4.79 Å². The van der Waals surface area contributed by atoms with E-state index in [9.17, 15) is 9.18 Å². The van der Waals surface area contributed by atoms with Gasteiger partial charge in [0.25, 0.3) is 0 Å². The van der Waals surface area contributed by atoms with Crippen molar-refractivity contribution in [2.24, 2.45) is 0 Å². The molecule has 0 fully saturated rings. The van der Waals surface area contributed by atoms with Crippen LogP contribution < -0.4 is 0 Å². The van der Waals surface area contributed by atoms with Crippen molar-refractivity contribution in [3.63, 3.8) is 0 Å². The summed E-state index contributed by atoms with van der Waals surface area (Å²) in [5, 5.41) is 0. The van der Waals surface area contributed by atoms with E-state index in [0.717, 1.165) is 0 Å². The van der Waals surface area contributed by atoms with Gasteiger partial charge in [0.1, 0.15) is 0 Å². The van der Waals surface area contributed by atoms with E-state index in [-0.39, 0.29) is 0 Å². The molecule has 6 heteroatoms. The summed E-state index contributed by atoms with van der Waals surface area (Å²) in [5.74, 6) is -1.22. The molecule has 0 aromatic carbocycles. The molecule has 11 heavy (non-hydrogen) atoms. The summed E-state index contributed by atoms with van der Waals surface area (Å²) in [4.78, 5) is 10.7. The summed E-state index contributed by atoms with van der Waals surface area (Å²) in [7, 11) is -2.09. The lowest BCUT2D eigenvalue weighted by molar-refractivity contribution is -0.139. The Hall–Kier alpha value is 0.197. The minimum Gasteiger partial charge on any atom is -0.516 e. The maximum absolute atomic E-state index is 12.4. The lowest BCUT2D eigenvalue weighted by Crippen LogP contribution is -2.35.